The van der Waals surface area contributed by atoms with Crippen molar-refractivity contribution < 1.29 is 14.7 Å². The van der Waals surface area contributed by atoms with Crippen molar-refractivity contribution in [3.63, 3.8) is 0 Å². The number of rotatable bonds is 21. The standard InChI is InChI=1S/C28H47NO3/c1-2-3-4-5-6-7-8-9-10-11-12-13-14-15-16-18-21-25(28(31)32)24-27(30)29-26-22-19-17-20-23-26/h17,19-20,22-23,25H,2-16,18,21,24H2,1H3,(H,29,30)(H,31,32). The normalized spacial score (nSPS) is 11.9. The third kappa shape index (κ3) is 15.9. The van der Waals surface area contributed by atoms with Crippen LogP contribution < -0.4 is 5.32 Å². The van der Waals surface area contributed by atoms with Gasteiger partial charge in [-0.2, -0.15) is 0 Å². The van der Waals surface area contributed by atoms with Crippen LogP contribution in [0, 0.1) is 5.92 Å². The van der Waals surface area contributed by atoms with Crippen LogP contribution in [0.5, 0.6) is 0 Å². The highest BCUT2D eigenvalue weighted by atomic mass is 16.4. The molecule has 0 radical (unpaired) electrons. The molecule has 32 heavy (non-hydrogen) atoms. The van der Waals surface area contributed by atoms with Crippen LogP contribution in [0.1, 0.15) is 122 Å². The fourth-order valence-electron chi connectivity index (χ4n) is 4.21. The molecule has 0 bridgehead atoms. The van der Waals surface area contributed by atoms with Gasteiger partial charge < -0.3 is 10.4 Å². The van der Waals surface area contributed by atoms with Gasteiger partial charge in [0, 0.05) is 12.1 Å². The summed E-state index contributed by atoms with van der Waals surface area (Å²) in [6.07, 6.45) is 21.5. The zero-order chi connectivity index (χ0) is 23.3. The topological polar surface area (TPSA) is 66.4 Å². The van der Waals surface area contributed by atoms with Gasteiger partial charge in [0.05, 0.1) is 5.92 Å². The zero-order valence-electron chi connectivity index (χ0n) is 20.5. The first-order valence-electron chi connectivity index (χ1n) is 13.2. The summed E-state index contributed by atoms with van der Waals surface area (Å²) >= 11 is 0. The number of carboxylic acid groups (broad SMARTS) is 1. The number of hydrogen-bond donors (Lipinski definition) is 2. The predicted octanol–water partition coefficient (Wildman–Crippen LogP) is 8.37. The Morgan fingerprint density at radius 3 is 1.59 bits per heavy atom. The molecule has 0 heterocycles. The van der Waals surface area contributed by atoms with Crippen molar-refractivity contribution in [1.29, 1.82) is 0 Å². The van der Waals surface area contributed by atoms with Gasteiger partial charge in [-0.25, -0.2) is 0 Å². The fourth-order valence-corrected chi connectivity index (χ4v) is 4.21. The van der Waals surface area contributed by atoms with Crippen molar-refractivity contribution >= 4 is 17.6 Å². The van der Waals surface area contributed by atoms with Crippen LogP contribution in [-0.4, -0.2) is 17.0 Å². The van der Waals surface area contributed by atoms with Gasteiger partial charge in [-0.15, -0.1) is 0 Å². The molecule has 0 aromatic heterocycles. The minimum absolute atomic E-state index is 0.0446. The monoisotopic (exact) mass is 445 g/mol. The average molecular weight is 446 g/mol. The molecule has 0 aliphatic heterocycles. The quantitative estimate of drug-likeness (QED) is 0.187. The number of anilines is 1. The van der Waals surface area contributed by atoms with Gasteiger partial charge in [-0.1, -0.05) is 128 Å². The van der Waals surface area contributed by atoms with Crippen LogP contribution in [0.3, 0.4) is 0 Å². The van der Waals surface area contributed by atoms with Gasteiger partial charge in [0.2, 0.25) is 5.91 Å². The van der Waals surface area contributed by atoms with E-state index in [-0.39, 0.29) is 12.3 Å². The molecule has 182 valence electrons. The van der Waals surface area contributed by atoms with Gasteiger partial charge >= 0.3 is 5.97 Å². The summed E-state index contributed by atoms with van der Waals surface area (Å²) in [5.74, 6) is -1.68. The first-order valence-corrected chi connectivity index (χ1v) is 13.2. The molecule has 4 nitrogen and oxygen atoms in total. The Kier molecular flexibility index (Phi) is 17.5. The molecule has 1 unspecified atom stereocenters. The number of carboxylic acids is 1. The van der Waals surface area contributed by atoms with Crippen LogP contribution in [0.4, 0.5) is 5.69 Å². The van der Waals surface area contributed by atoms with E-state index in [1.165, 1.54) is 89.9 Å². The Labute approximate surface area is 196 Å². The summed E-state index contributed by atoms with van der Waals surface area (Å²) in [4.78, 5) is 23.6. The van der Waals surface area contributed by atoms with Crippen LogP contribution in [0.25, 0.3) is 0 Å². The number of para-hydroxylation sites is 1. The highest BCUT2D eigenvalue weighted by Gasteiger charge is 2.20. The summed E-state index contributed by atoms with van der Waals surface area (Å²) in [5.41, 5.74) is 0.712. The molecule has 1 atom stereocenters. The van der Waals surface area contributed by atoms with Crippen molar-refractivity contribution in [2.75, 3.05) is 5.32 Å². The maximum Gasteiger partial charge on any atom is 0.307 e. The summed E-state index contributed by atoms with van der Waals surface area (Å²) < 4.78 is 0. The number of benzene rings is 1. The lowest BCUT2D eigenvalue weighted by Gasteiger charge is -2.12. The number of hydrogen-bond acceptors (Lipinski definition) is 2. The van der Waals surface area contributed by atoms with Crippen molar-refractivity contribution in [3.05, 3.63) is 30.3 Å². The van der Waals surface area contributed by atoms with Crippen LogP contribution in [-0.2, 0) is 9.59 Å². The molecule has 1 aromatic carbocycles. The van der Waals surface area contributed by atoms with Crippen molar-refractivity contribution in [3.8, 4) is 0 Å². The van der Waals surface area contributed by atoms with E-state index in [0.717, 1.165) is 12.8 Å². The second-order valence-corrected chi connectivity index (χ2v) is 9.25. The molecule has 0 aliphatic rings. The lowest BCUT2D eigenvalue weighted by Crippen LogP contribution is -2.22. The lowest BCUT2D eigenvalue weighted by molar-refractivity contribution is -0.143. The summed E-state index contributed by atoms with van der Waals surface area (Å²) in [5, 5.41) is 12.2. The second kappa shape index (κ2) is 19.8. The Hall–Kier alpha value is -1.84. The average Bonchev–Trinajstić information content (AvgIpc) is 2.78. The molecule has 0 spiro atoms. The van der Waals surface area contributed by atoms with Gasteiger partial charge in [-0.05, 0) is 18.6 Å². The molecule has 1 aromatic rings. The van der Waals surface area contributed by atoms with E-state index in [2.05, 4.69) is 12.2 Å². The highest BCUT2D eigenvalue weighted by Crippen LogP contribution is 2.18. The van der Waals surface area contributed by atoms with Crippen LogP contribution >= 0.6 is 0 Å². The van der Waals surface area contributed by atoms with E-state index in [9.17, 15) is 14.7 Å². The molecule has 2 N–H and O–H groups in total. The van der Waals surface area contributed by atoms with Crippen molar-refractivity contribution in [2.24, 2.45) is 5.92 Å². The van der Waals surface area contributed by atoms with Gasteiger partial charge in [0.1, 0.15) is 0 Å². The largest absolute Gasteiger partial charge is 0.481 e. The number of aliphatic carboxylic acids is 1. The Bertz CT molecular complexity index is 588. The van der Waals surface area contributed by atoms with Gasteiger partial charge in [-0.3, -0.25) is 9.59 Å². The van der Waals surface area contributed by atoms with Crippen LogP contribution in [0.15, 0.2) is 30.3 Å². The number of unbranched alkanes of at least 4 members (excludes halogenated alkanes) is 15. The van der Waals surface area contributed by atoms with Crippen molar-refractivity contribution in [2.45, 2.75) is 122 Å². The zero-order valence-corrected chi connectivity index (χ0v) is 20.5. The first-order chi connectivity index (χ1) is 15.6. The molecule has 0 saturated carbocycles. The summed E-state index contributed by atoms with van der Waals surface area (Å²) in [7, 11) is 0. The minimum atomic E-state index is -0.867. The number of amides is 1. The summed E-state index contributed by atoms with van der Waals surface area (Å²) in [6, 6.07) is 9.20. The third-order valence-corrected chi connectivity index (χ3v) is 6.24. The third-order valence-electron chi connectivity index (χ3n) is 6.24. The molecule has 0 saturated heterocycles. The number of carbonyl (C=O) groups is 2. The predicted molar refractivity (Wildman–Crippen MR) is 135 cm³/mol. The second-order valence-electron chi connectivity index (χ2n) is 9.25. The highest BCUT2D eigenvalue weighted by molar-refractivity contribution is 5.93. The molecule has 4 heteroatoms. The van der Waals surface area contributed by atoms with E-state index in [1.54, 1.807) is 0 Å². The molecular formula is C28H47NO3. The summed E-state index contributed by atoms with van der Waals surface area (Å²) in [6.45, 7) is 2.27. The molecular weight excluding hydrogens is 398 g/mol. The first kappa shape index (κ1) is 28.2. The maximum atomic E-state index is 12.1. The molecule has 1 rings (SSSR count). The van der Waals surface area contributed by atoms with Gasteiger partial charge in [0.15, 0.2) is 0 Å². The smallest absolute Gasteiger partial charge is 0.307 e. The molecule has 1 amide bonds. The van der Waals surface area contributed by atoms with E-state index < -0.39 is 11.9 Å². The Morgan fingerprint density at radius 2 is 1.16 bits per heavy atom. The minimum Gasteiger partial charge on any atom is -0.481 e. The van der Waals surface area contributed by atoms with E-state index in [0.29, 0.717) is 12.1 Å². The lowest BCUT2D eigenvalue weighted by atomic mass is 9.96. The Morgan fingerprint density at radius 1 is 0.719 bits per heavy atom. The van der Waals surface area contributed by atoms with E-state index in [1.807, 2.05) is 30.3 Å². The number of nitrogens with one attached hydrogen (secondary N) is 1. The van der Waals surface area contributed by atoms with Crippen LogP contribution in [0.2, 0.25) is 0 Å². The molecule has 0 aliphatic carbocycles. The Balaban J connectivity index is 1.95. The number of carbonyl (C=O) groups excluding carboxylic acids is 1. The molecule has 0 fully saturated rings. The van der Waals surface area contributed by atoms with E-state index >= 15 is 0 Å². The SMILES string of the molecule is CCCCCCCCCCCCCCCCCCC(CC(=O)Nc1ccccc1)C(=O)O. The maximum absolute atomic E-state index is 12.1. The fraction of sp³-hybridized carbons (Fsp3) is 0.714. The van der Waals surface area contributed by atoms with Gasteiger partial charge in [0.25, 0.3) is 0 Å². The van der Waals surface area contributed by atoms with E-state index in [4.69, 9.17) is 0 Å². The van der Waals surface area contributed by atoms with Crippen molar-refractivity contribution in [1.82, 2.24) is 0 Å².